The fourth-order valence-electron chi connectivity index (χ4n) is 2.17. The third kappa shape index (κ3) is 2.50. The minimum Gasteiger partial charge on any atom is -0.494 e. The molecule has 0 fully saturated rings. The number of nitrogens with zero attached hydrogens (tertiary/aromatic N) is 1. The van der Waals surface area contributed by atoms with E-state index < -0.39 is 0 Å². The highest BCUT2D eigenvalue weighted by Gasteiger charge is 2.10. The van der Waals surface area contributed by atoms with Gasteiger partial charge in [0, 0.05) is 22.1 Å². The van der Waals surface area contributed by atoms with Gasteiger partial charge in [-0.05, 0) is 42.8 Å². The van der Waals surface area contributed by atoms with Crippen molar-refractivity contribution in [1.29, 1.82) is 0 Å². The highest BCUT2D eigenvalue weighted by molar-refractivity contribution is 6.31. The van der Waals surface area contributed by atoms with E-state index in [2.05, 4.69) is 9.98 Å². The van der Waals surface area contributed by atoms with E-state index in [1.165, 1.54) is 18.3 Å². The number of benzene rings is 2. The van der Waals surface area contributed by atoms with Gasteiger partial charge in [0.2, 0.25) is 0 Å². The van der Waals surface area contributed by atoms with Crippen molar-refractivity contribution in [3.63, 3.8) is 0 Å². The summed E-state index contributed by atoms with van der Waals surface area (Å²) >= 11 is 6.04. The number of hydrogen-bond donors (Lipinski definition) is 2. The number of aromatic nitrogens is 1. The molecular formula is C16H12ClFN2O. The van der Waals surface area contributed by atoms with Crippen molar-refractivity contribution >= 4 is 34.4 Å². The lowest BCUT2D eigenvalue weighted by molar-refractivity contribution is 0.457. The Bertz CT molecular complexity index is 855. The maximum atomic E-state index is 13.3. The van der Waals surface area contributed by atoms with E-state index in [-0.39, 0.29) is 11.7 Å². The van der Waals surface area contributed by atoms with E-state index in [9.17, 15) is 9.50 Å². The lowest BCUT2D eigenvalue weighted by Crippen LogP contribution is -1.82. The van der Waals surface area contributed by atoms with Gasteiger partial charge in [0.1, 0.15) is 5.82 Å². The van der Waals surface area contributed by atoms with Crippen molar-refractivity contribution in [2.24, 2.45) is 4.99 Å². The molecule has 5 heteroatoms. The molecule has 0 aliphatic rings. The Labute approximate surface area is 125 Å². The number of aliphatic imine (C=N–C) groups is 1. The molecular weight excluding hydrogens is 291 g/mol. The maximum Gasteiger partial charge on any atom is 0.198 e. The molecule has 0 aliphatic heterocycles. The van der Waals surface area contributed by atoms with Crippen LogP contribution in [0.4, 0.5) is 10.1 Å². The lowest BCUT2D eigenvalue weighted by Gasteiger charge is -2.01. The van der Waals surface area contributed by atoms with E-state index >= 15 is 0 Å². The summed E-state index contributed by atoms with van der Waals surface area (Å²) in [5.41, 5.74) is 2.65. The van der Waals surface area contributed by atoms with Crippen LogP contribution in [0.1, 0.15) is 11.1 Å². The van der Waals surface area contributed by atoms with Gasteiger partial charge in [-0.25, -0.2) is 4.39 Å². The zero-order chi connectivity index (χ0) is 15.0. The molecule has 0 amide bonds. The van der Waals surface area contributed by atoms with Crippen LogP contribution in [0.2, 0.25) is 5.02 Å². The van der Waals surface area contributed by atoms with Crippen LogP contribution in [0, 0.1) is 12.7 Å². The molecule has 1 aromatic heterocycles. The topological polar surface area (TPSA) is 48.4 Å². The second kappa shape index (κ2) is 5.22. The summed E-state index contributed by atoms with van der Waals surface area (Å²) in [6.07, 6.45) is 1.51. The molecule has 0 bridgehead atoms. The molecule has 0 saturated heterocycles. The predicted molar refractivity (Wildman–Crippen MR) is 83.4 cm³/mol. The van der Waals surface area contributed by atoms with Crippen molar-refractivity contribution in [3.8, 4) is 5.88 Å². The van der Waals surface area contributed by atoms with Gasteiger partial charge < -0.3 is 10.1 Å². The van der Waals surface area contributed by atoms with Gasteiger partial charge >= 0.3 is 0 Å². The van der Waals surface area contributed by atoms with Crippen molar-refractivity contribution in [2.45, 2.75) is 6.92 Å². The number of aromatic amines is 1. The second-order valence-corrected chi connectivity index (χ2v) is 5.13. The molecule has 0 spiro atoms. The van der Waals surface area contributed by atoms with Crippen LogP contribution in [0.3, 0.4) is 0 Å². The first-order valence-electron chi connectivity index (χ1n) is 6.35. The summed E-state index contributed by atoms with van der Waals surface area (Å²) in [7, 11) is 0. The minimum atomic E-state index is -0.366. The lowest BCUT2D eigenvalue weighted by atomic mass is 10.1. The Balaban J connectivity index is 2.09. The van der Waals surface area contributed by atoms with Crippen molar-refractivity contribution in [3.05, 3.63) is 58.4 Å². The summed E-state index contributed by atoms with van der Waals surface area (Å²) in [6, 6.07) is 9.68. The first-order valence-corrected chi connectivity index (χ1v) is 6.73. The van der Waals surface area contributed by atoms with Gasteiger partial charge in [-0.15, -0.1) is 0 Å². The third-order valence-corrected chi connectivity index (χ3v) is 3.76. The average Bonchev–Trinajstić information content (AvgIpc) is 2.76. The Hall–Kier alpha value is -2.33. The minimum absolute atomic E-state index is 0.0426. The van der Waals surface area contributed by atoms with Crippen molar-refractivity contribution in [1.82, 2.24) is 4.98 Å². The SMILES string of the molecule is Cc1c(Cl)cccc1N=Cc1c(O)[nH]c2ccc(F)cc12. The van der Waals surface area contributed by atoms with Crippen LogP contribution >= 0.6 is 11.6 Å². The molecule has 0 radical (unpaired) electrons. The van der Waals surface area contributed by atoms with Crippen LogP contribution in [0.15, 0.2) is 41.4 Å². The van der Waals surface area contributed by atoms with Crippen LogP contribution in [0.5, 0.6) is 5.88 Å². The Morgan fingerprint density at radius 2 is 2.10 bits per heavy atom. The normalized spacial score (nSPS) is 11.6. The highest BCUT2D eigenvalue weighted by Crippen LogP contribution is 2.29. The Morgan fingerprint density at radius 1 is 1.29 bits per heavy atom. The molecule has 2 N–H and O–H groups in total. The molecule has 106 valence electrons. The van der Waals surface area contributed by atoms with E-state index in [1.807, 2.05) is 13.0 Å². The molecule has 2 aromatic carbocycles. The fourth-order valence-corrected chi connectivity index (χ4v) is 2.34. The zero-order valence-corrected chi connectivity index (χ0v) is 11.9. The molecule has 3 nitrogen and oxygen atoms in total. The largest absolute Gasteiger partial charge is 0.494 e. The maximum absolute atomic E-state index is 13.3. The van der Waals surface area contributed by atoms with E-state index in [0.29, 0.717) is 27.2 Å². The highest BCUT2D eigenvalue weighted by atomic mass is 35.5. The van der Waals surface area contributed by atoms with E-state index in [1.54, 1.807) is 18.2 Å². The Kier molecular flexibility index (Phi) is 3.39. The predicted octanol–water partition coefficient (Wildman–Crippen LogP) is 4.73. The summed E-state index contributed by atoms with van der Waals surface area (Å²) in [5, 5.41) is 11.1. The van der Waals surface area contributed by atoms with Gasteiger partial charge in [-0.1, -0.05) is 17.7 Å². The number of aromatic hydroxyl groups is 1. The summed E-state index contributed by atoms with van der Waals surface area (Å²) in [4.78, 5) is 7.13. The summed E-state index contributed by atoms with van der Waals surface area (Å²) < 4.78 is 13.3. The molecule has 21 heavy (non-hydrogen) atoms. The average molecular weight is 303 g/mol. The number of H-pyrrole nitrogens is 1. The smallest absolute Gasteiger partial charge is 0.198 e. The van der Waals surface area contributed by atoms with Gasteiger partial charge in [0.25, 0.3) is 0 Å². The third-order valence-electron chi connectivity index (χ3n) is 3.35. The number of halogens is 2. The van der Waals surface area contributed by atoms with Crippen molar-refractivity contribution < 1.29 is 9.50 Å². The summed E-state index contributed by atoms with van der Waals surface area (Å²) in [6.45, 7) is 1.86. The van der Waals surface area contributed by atoms with Crippen LogP contribution in [-0.2, 0) is 0 Å². The number of rotatable bonds is 2. The molecule has 0 saturated carbocycles. The van der Waals surface area contributed by atoms with Gasteiger partial charge in [-0.3, -0.25) is 4.99 Å². The van der Waals surface area contributed by atoms with Crippen LogP contribution in [0.25, 0.3) is 10.9 Å². The van der Waals surface area contributed by atoms with E-state index in [0.717, 1.165) is 5.56 Å². The van der Waals surface area contributed by atoms with Crippen molar-refractivity contribution in [2.75, 3.05) is 0 Å². The molecule has 1 heterocycles. The van der Waals surface area contributed by atoms with Gasteiger partial charge in [0.05, 0.1) is 11.3 Å². The second-order valence-electron chi connectivity index (χ2n) is 4.72. The van der Waals surface area contributed by atoms with Crippen LogP contribution in [-0.4, -0.2) is 16.3 Å². The number of hydrogen-bond acceptors (Lipinski definition) is 2. The first-order chi connectivity index (χ1) is 10.1. The molecule has 0 aliphatic carbocycles. The quantitative estimate of drug-likeness (QED) is 0.661. The first kappa shape index (κ1) is 13.6. The number of fused-ring (bicyclic) bond motifs is 1. The van der Waals surface area contributed by atoms with Gasteiger partial charge in [-0.2, -0.15) is 0 Å². The monoisotopic (exact) mass is 302 g/mol. The molecule has 0 atom stereocenters. The van der Waals surface area contributed by atoms with E-state index in [4.69, 9.17) is 11.6 Å². The van der Waals surface area contributed by atoms with Gasteiger partial charge in [0.15, 0.2) is 5.88 Å². The summed E-state index contributed by atoms with van der Waals surface area (Å²) in [5.74, 6) is -0.408. The molecule has 3 rings (SSSR count). The fraction of sp³-hybridized carbons (Fsp3) is 0.0625. The zero-order valence-electron chi connectivity index (χ0n) is 11.2. The molecule has 0 unspecified atom stereocenters. The Morgan fingerprint density at radius 3 is 2.90 bits per heavy atom. The standard InChI is InChI=1S/C16H12ClFN2O/c1-9-13(17)3-2-4-14(9)19-8-12-11-7-10(18)5-6-15(11)20-16(12)21/h2-8,20-21H,1H3. The van der Waals surface area contributed by atoms with Crippen LogP contribution < -0.4 is 0 Å². The number of nitrogens with one attached hydrogen (secondary N) is 1. The molecule has 3 aromatic rings.